The Morgan fingerprint density at radius 2 is 2.16 bits per heavy atom. The van der Waals surface area contributed by atoms with Gasteiger partial charge in [0, 0.05) is 23.0 Å². The monoisotopic (exact) mass is 363 g/mol. The predicted octanol–water partition coefficient (Wildman–Crippen LogP) is 3.99. The Labute approximate surface area is 152 Å². The molecule has 0 aromatic carbocycles. The first-order valence-electron chi connectivity index (χ1n) is 8.64. The maximum absolute atomic E-state index is 12.0. The first-order chi connectivity index (χ1) is 12.0. The summed E-state index contributed by atoms with van der Waals surface area (Å²) in [5.74, 6) is 1.43. The Kier molecular flexibility index (Phi) is 5.75. The van der Waals surface area contributed by atoms with Gasteiger partial charge in [-0.1, -0.05) is 6.07 Å². The van der Waals surface area contributed by atoms with Gasteiger partial charge in [-0.05, 0) is 69.2 Å². The van der Waals surface area contributed by atoms with Crippen LogP contribution < -0.4 is 10.1 Å². The Hall–Kier alpha value is -1.86. The molecule has 1 N–H and O–H groups in total. The minimum absolute atomic E-state index is 0.155. The molecule has 0 saturated heterocycles. The lowest BCUT2D eigenvalue weighted by Gasteiger charge is -2.36. The summed E-state index contributed by atoms with van der Waals surface area (Å²) in [6.07, 6.45) is 3.66. The van der Waals surface area contributed by atoms with Crippen molar-refractivity contribution in [2.45, 2.75) is 44.7 Å². The smallest absolute Gasteiger partial charge is 0.388 e. The molecule has 136 valence electrons. The van der Waals surface area contributed by atoms with Crippen LogP contribution in [-0.4, -0.2) is 36.3 Å². The van der Waals surface area contributed by atoms with E-state index >= 15 is 0 Å². The number of ether oxygens (including phenoxy) is 1. The van der Waals surface area contributed by atoms with E-state index in [1.54, 1.807) is 13.0 Å². The molecule has 0 bridgehead atoms. The molecule has 1 unspecified atom stereocenters. The fraction of sp³-hybridized carbons (Fsp3) is 0.556. The molecule has 0 radical (unpaired) electrons. The fourth-order valence-electron chi connectivity index (χ4n) is 3.63. The lowest BCUT2D eigenvalue weighted by atomic mass is 9.80. The van der Waals surface area contributed by atoms with Gasteiger partial charge in [0.2, 0.25) is 0 Å². The summed E-state index contributed by atoms with van der Waals surface area (Å²) in [6.45, 7) is 1.76. The topological polar surface area (TPSA) is 67.6 Å². The molecule has 6 nitrogen and oxygen atoms in total. The maximum Gasteiger partial charge on any atom is 0.414 e. The van der Waals surface area contributed by atoms with E-state index in [4.69, 9.17) is 9.26 Å². The Morgan fingerprint density at radius 1 is 1.40 bits per heavy atom. The molecule has 1 aliphatic rings. The minimum atomic E-state index is -0.459. The average molecular weight is 363 g/mol. The van der Waals surface area contributed by atoms with Gasteiger partial charge in [-0.25, -0.2) is 4.79 Å². The molecule has 1 atom stereocenters. The van der Waals surface area contributed by atoms with E-state index in [1.807, 2.05) is 11.3 Å². The number of nitrogens with zero attached hydrogens (tertiary/aromatic N) is 2. The second-order valence-corrected chi connectivity index (χ2v) is 7.82. The maximum atomic E-state index is 12.0. The van der Waals surface area contributed by atoms with Gasteiger partial charge < -0.3 is 19.5 Å². The third-order valence-corrected chi connectivity index (χ3v) is 5.68. The van der Waals surface area contributed by atoms with Crippen molar-refractivity contribution in [3.8, 4) is 5.88 Å². The average Bonchev–Trinajstić information content (AvgIpc) is 3.21. The number of carbonyl (C=O) groups is 1. The Morgan fingerprint density at radius 3 is 2.72 bits per heavy atom. The van der Waals surface area contributed by atoms with Crippen LogP contribution >= 0.6 is 11.3 Å². The number of rotatable bonds is 5. The molecular weight excluding hydrogens is 338 g/mol. The number of amides is 1. The Balaban J connectivity index is 1.50. The van der Waals surface area contributed by atoms with E-state index in [0.29, 0.717) is 17.7 Å². The van der Waals surface area contributed by atoms with Crippen LogP contribution in [0.2, 0.25) is 0 Å². The van der Waals surface area contributed by atoms with Crippen molar-refractivity contribution in [3.63, 3.8) is 0 Å². The van der Waals surface area contributed by atoms with Crippen LogP contribution in [0.15, 0.2) is 28.1 Å². The van der Waals surface area contributed by atoms with E-state index in [1.165, 1.54) is 4.88 Å². The van der Waals surface area contributed by atoms with Crippen molar-refractivity contribution in [1.29, 1.82) is 0 Å². The number of nitrogens with one attached hydrogen (secondary N) is 1. The summed E-state index contributed by atoms with van der Waals surface area (Å²) in [6, 6.07) is 6.54. The quantitative estimate of drug-likeness (QED) is 0.870. The fourth-order valence-corrected chi connectivity index (χ4v) is 4.64. The zero-order valence-electron chi connectivity index (χ0n) is 14.9. The van der Waals surface area contributed by atoms with E-state index in [-0.39, 0.29) is 11.9 Å². The van der Waals surface area contributed by atoms with Crippen LogP contribution in [0.1, 0.15) is 42.4 Å². The summed E-state index contributed by atoms with van der Waals surface area (Å²) < 4.78 is 10.0. The number of hydrogen-bond donors (Lipinski definition) is 1. The first-order valence-corrected chi connectivity index (χ1v) is 9.52. The standard InChI is InChI=1S/C18H25N3O3S/c1-12-11-16(20-24-12)23-18(22)19-14-8-6-13(7-9-14)17(21(2)3)15-5-4-10-25-15/h4-5,10-11,13-14,17H,6-9H2,1-3H3,(H,19,22). The summed E-state index contributed by atoms with van der Waals surface area (Å²) in [4.78, 5) is 15.7. The number of hydrogen-bond acceptors (Lipinski definition) is 6. The largest absolute Gasteiger partial charge is 0.414 e. The predicted molar refractivity (Wildman–Crippen MR) is 96.9 cm³/mol. The van der Waals surface area contributed by atoms with Gasteiger partial charge in [0.15, 0.2) is 0 Å². The summed E-state index contributed by atoms with van der Waals surface area (Å²) in [5, 5.41) is 8.76. The minimum Gasteiger partial charge on any atom is -0.388 e. The number of aromatic nitrogens is 1. The van der Waals surface area contributed by atoms with Gasteiger partial charge >= 0.3 is 6.09 Å². The van der Waals surface area contributed by atoms with Crippen molar-refractivity contribution in [2.75, 3.05) is 14.1 Å². The van der Waals surface area contributed by atoms with Gasteiger partial charge in [0.1, 0.15) is 5.76 Å². The van der Waals surface area contributed by atoms with Gasteiger partial charge in [-0.15, -0.1) is 11.3 Å². The van der Waals surface area contributed by atoms with Gasteiger partial charge in [0.25, 0.3) is 5.88 Å². The molecule has 3 rings (SSSR count). The van der Waals surface area contributed by atoms with Crippen molar-refractivity contribution in [3.05, 3.63) is 34.2 Å². The molecule has 2 aromatic heterocycles. The van der Waals surface area contributed by atoms with E-state index < -0.39 is 6.09 Å². The normalized spacial score (nSPS) is 21.9. The molecule has 2 heterocycles. The van der Waals surface area contributed by atoms with Crippen LogP contribution in [0.3, 0.4) is 0 Å². The molecule has 1 fully saturated rings. The Bertz CT molecular complexity index is 676. The van der Waals surface area contributed by atoms with Crippen molar-refractivity contribution < 1.29 is 14.1 Å². The third-order valence-electron chi connectivity index (χ3n) is 4.73. The molecular formula is C18H25N3O3S. The highest BCUT2D eigenvalue weighted by molar-refractivity contribution is 7.10. The van der Waals surface area contributed by atoms with E-state index in [9.17, 15) is 4.79 Å². The van der Waals surface area contributed by atoms with Crippen molar-refractivity contribution >= 4 is 17.4 Å². The van der Waals surface area contributed by atoms with Crippen molar-refractivity contribution in [2.24, 2.45) is 5.92 Å². The van der Waals surface area contributed by atoms with E-state index in [0.717, 1.165) is 25.7 Å². The number of carbonyl (C=O) groups excluding carboxylic acids is 1. The lowest BCUT2D eigenvalue weighted by Crippen LogP contribution is -2.41. The highest BCUT2D eigenvalue weighted by Crippen LogP contribution is 2.39. The van der Waals surface area contributed by atoms with Crippen LogP contribution in [0.25, 0.3) is 0 Å². The molecule has 2 aromatic rings. The molecule has 7 heteroatoms. The second-order valence-electron chi connectivity index (χ2n) is 6.85. The second kappa shape index (κ2) is 8.01. The summed E-state index contributed by atoms with van der Waals surface area (Å²) in [5.41, 5.74) is 0. The van der Waals surface area contributed by atoms with Crippen molar-refractivity contribution in [1.82, 2.24) is 15.4 Å². The van der Waals surface area contributed by atoms with Crippen LogP contribution in [0, 0.1) is 12.8 Å². The SMILES string of the molecule is Cc1cc(OC(=O)NC2CCC(C(c3cccs3)N(C)C)CC2)no1. The van der Waals surface area contributed by atoms with Gasteiger partial charge in [0.05, 0.1) is 0 Å². The zero-order valence-corrected chi connectivity index (χ0v) is 15.7. The van der Waals surface area contributed by atoms with Gasteiger partial charge in [-0.2, -0.15) is 0 Å². The lowest BCUT2D eigenvalue weighted by molar-refractivity contribution is 0.152. The summed E-state index contributed by atoms with van der Waals surface area (Å²) >= 11 is 1.82. The highest BCUT2D eigenvalue weighted by Gasteiger charge is 2.31. The van der Waals surface area contributed by atoms with Crippen LogP contribution in [-0.2, 0) is 0 Å². The van der Waals surface area contributed by atoms with Gasteiger partial charge in [-0.3, -0.25) is 0 Å². The molecule has 25 heavy (non-hydrogen) atoms. The van der Waals surface area contributed by atoms with Crippen LogP contribution in [0.5, 0.6) is 5.88 Å². The molecule has 1 saturated carbocycles. The molecule has 0 spiro atoms. The number of thiophene rings is 1. The number of aryl methyl sites for hydroxylation is 1. The third kappa shape index (κ3) is 4.61. The first kappa shape index (κ1) is 17.9. The highest BCUT2D eigenvalue weighted by atomic mass is 32.1. The summed E-state index contributed by atoms with van der Waals surface area (Å²) in [7, 11) is 4.29. The zero-order chi connectivity index (χ0) is 17.8. The van der Waals surface area contributed by atoms with Crippen LogP contribution in [0.4, 0.5) is 4.79 Å². The van der Waals surface area contributed by atoms with E-state index in [2.05, 4.69) is 47.0 Å². The molecule has 0 aliphatic heterocycles. The molecule has 1 amide bonds. The molecule has 1 aliphatic carbocycles.